The fourth-order valence-electron chi connectivity index (χ4n) is 2.77. The molecule has 1 heterocycles. The third-order valence-electron chi connectivity index (χ3n) is 4.27. The normalized spacial score (nSPS) is 20.1. The van der Waals surface area contributed by atoms with Gasteiger partial charge in [-0.3, -0.25) is 19.7 Å². The van der Waals surface area contributed by atoms with Gasteiger partial charge in [0.05, 0.1) is 15.7 Å². The van der Waals surface area contributed by atoms with Crippen LogP contribution in [-0.4, -0.2) is 54.9 Å². The molecule has 1 aliphatic rings. The highest BCUT2D eigenvalue weighted by Crippen LogP contribution is 2.23. The standard InChI is InChI=1S/C15H19N3O7S/c1-10-8-17(9-13(10)15(20)21)14(19)6-7-16-26(24,25)12-4-2-11(3-5-12)18(22)23/h2-5,10,13,16H,6-9H2,1H3,(H,20,21)/t10-,13-/m1/s1. The number of hydrogen-bond donors (Lipinski definition) is 2. The van der Waals surface area contributed by atoms with Crippen molar-refractivity contribution < 1.29 is 28.0 Å². The summed E-state index contributed by atoms with van der Waals surface area (Å²) < 4.78 is 26.5. The Morgan fingerprint density at radius 3 is 2.42 bits per heavy atom. The van der Waals surface area contributed by atoms with Crippen LogP contribution in [0, 0.1) is 22.0 Å². The number of carbonyl (C=O) groups excluding carboxylic acids is 1. The van der Waals surface area contributed by atoms with Crippen LogP contribution in [0.15, 0.2) is 29.2 Å². The SMILES string of the molecule is C[C@@H]1CN(C(=O)CCNS(=O)(=O)c2ccc([N+](=O)[O-])cc2)C[C@H]1C(=O)O. The lowest BCUT2D eigenvalue weighted by Crippen LogP contribution is -2.33. The van der Waals surface area contributed by atoms with Crippen molar-refractivity contribution >= 4 is 27.6 Å². The lowest BCUT2D eigenvalue weighted by molar-refractivity contribution is -0.384. The van der Waals surface area contributed by atoms with Crippen LogP contribution in [0.1, 0.15) is 13.3 Å². The Hall–Kier alpha value is -2.53. The maximum atomic E-state index is 12.1. The molecule has 1 saturated heterocycles. The molecule has 0 unspecified atom stereocenters. The first-order valence-electron chi connectivity index (χ1n) is 7.86. The summed E-state index contributed by atoms with van der Waals surface area (Å²) >= 11 is 0. The summed E-state index contributed by atoms with van der Waals surface area (Å²) in [6, 6.07) is 4.39. The molecule has 0 saturated carbocycles. The van der Waals surface area contributed by atoms with Crippen LogP contribution in [0.2, 0.25) is 0 Å². The zero-order valence-electron chi connectivity index (χ0n) is 14.0. The number of amides is 1. The molecule has 0 spiro atoms. The molecule has 10 nitrogen and oxygen atoms in total. The molecule has 1 aliphatic heterocycles. The highest BCUT2D eigenvalue weighted by molar-refractivity contribution is 7.89. The Balaban J connectivity index is 1.89. The van der Waals surface area contributed by atoms with E-state index in [0.29, 0.717) is 6.54 Å². The van der Waals surface area contributed by atoms with E-state index in [0.717, 1.165) is 24.3 Å². The zero-order chi connectivity index (χ0) is 19.5. The highest BCUT2D eigenvalue weighted by Gasteiger charge is 2.36. The number of nitro benzene ring substituents is 1. The second kappa shape index (κ2) is 7.79. The Labute approximate surface area is 150 Å². The minimum Gasteiger partial charge on any atom is -0.481 e. The van der Waals surface area contributed by atoms with Crippen molar-refractivity contribution in [2.45, 2.75) is 18.2 Å². The van der Waals surface area contributed by atoms with E-state index < -0.39 is 26.8 Å². The minimum atomic E-state index is -3.89. The number of nitrogens with zero attached hydrogens (tertiary/aromatic N) is 2. The summed E-state index contributed by atoms with van der Waals surface area (Å²) in [4.78, 5) is 34.4. The topological polar surface area (TPSA) is 147 Å². The van der Waals surface area contributed by atoms with Gasteiger partial charge in [-0.2, -0.15) is 0 Å². The van der Waals surface area contributed by atoms with Gasteiger partial charge in [0, 0.05) is 38.2 Å². The molecule has 0 aromatic heterocycles. The van der Waals surface area contributed by atoms with Crippen LogP contribution in [0.4, 0.5) is 5.69 Å². The van der Waals surface area contributed by atoms with Crippen molar-refractivity contribution in [3.63, 3.8) is 0 Å². The van der Waals surface area contributed by atoms with Crippen molar-refractivity contribution in [3.05, 3.63) is 34.4 Å². The summed E-state index contributed by atoms with van der Waals surface area (Å²) in [5, 5.41) is 19.7. The van der Waals surface area contributed by atoms with E-state index in [1.165, 1.54) is 4.90 Å². The van der Waals surface area contributed by atoms with E-state index in [4.69, 9.17) is 5.11 Å². The Morgan fingerprint density at radius 2 is 1.92 bits per heavy atom. The number of benzene rings is 1. The quantitative estimate of drug-likeness (QED) is 0.511. The van der Waals surface area contributed by atoms with Crippen LogP contribution in [0.3, 0.4) is 0 Å². The molecule has 1 aromatic rings. The van der Waals surface area contributed by atoms with Gasteiger partial charge < -0.3 is 10.0 Å². The monoisotopic (exact) mass is 385 g/mol. The van der Waals surface area contributed by atoms with Gasteiger partial charge in [0.25, 0.3) is 5.69 Å². The lowest BCUT2D eigenvalue weighted by atomic mass is 9.99. The van der Waals surface area contributed by atoms with Gasteiger partial charge in [-0.25, -0.2) is 13.1 Å². The predicted molar refractivity (Wildman–Crippen MR) is 89.8 cm³/mol. The number of rotatable bonds is 7. The molecule has 26 heavy (non-hydrogen) atoms. The molecule has 0 aliphatic carbocycles. The summed E-state index contributed by atoms with van der Waals surface area (Å²) in [6.07, 6.45) is -0.106. The molecule has 11 heteroatoms. The van der Waals surface area contributed by atoms with Crippen LogP contribution < -0.4 is 4.72 Å². The van der Waals surface area contributed by atoms with Crippen LogP contribution in [-0.2, 0) is 19.6 Å². The molecule has 1 amide bonds. The molecular weight excluding hydrogens is 366 g/mol. The first-order chi connectivity index (χ1) is 12.1. The maximum absolute atomic E-state index is 12.1. The van der Waals surface area contributed by atoms with Gasteiger partial charge in [-0.1, -0.05) is 6.92 Å². The van der Waals surface area contributed by atoms with Gasteiger partial charge >= 0.3 is 5.97 Å². The molecule has 2 atom stereocenters. The zero-order valence-corrected chi connectivity index (χ0v) is 14.8. The molecule has 1 aromatic carbocycles. The van der Waals surface area contributed by atoms with Crippen molar-refractivity contribution in [1.82, 2.24) is 9.62 Å². The Bertz CT molecular complexity index is 807. The number of sulfonamides is 1. The van der Waals surface area contributed by atoms with E-state index in [1.807, 2.05) is 0 Å². The van der Waals surface area contributed by atoms with Crippen LogP contribution in [0.5, 0.6) is 0 Å². The average molecular weight is 385 g/mol. The van der Waals surface area contributed by atoms with Gasteiger partial charge in [0.1, 0.15) is 0 Å². The van der Waals surface area contributed by atoms with Crippen LogP contribution in [0.25, 0.3) is 0 Å². The largest absolute Gasteiger partial charge is 0.481 e. The number of carboxylic acid groups (broad SMARTS) is 1. The van der Waals surface area contributed by atoms with E-state index in [1.54, 1.807) is 6.92 Å². The van der Waals surface area contributed by atoms with Crippen molar-refractivity contribution in [3.8, 4) is 0 Å². The number of carbonyl (C=O) groups is 2. The number of nitro groups is 1. The van der Waals surface area contributed by atoms with E-state index in [-0.39, 0.29) is 41.9 Å². The number of aliphatic carboxylic acids is 1. The molecule has 142 valence electrons. The summed E-state index contributed by atoms with van der Waals surface area (Å²) in [5.74, 6) is -2.05. The minimum absolute atomic E-state index is 0.106. The van der Waals surface area contributed by atoms with Crippen molar-refractivity contribution in [1.29, 1.82) is 0 Å². The van der Waals surface area contributed by atoms with E-state index in [9.17, 15) is 28.1 Å². The summed E-state index contributed by atoms with van der Waals surface area (Å²) in [7, 11) is -3.89. The predicted octanol–water partition coefficient (Wildman–Crippen LogP) is 0.442. The van der Waals surface area contributed by atoms with E-state index in [2.05, 4.69) is 4.72 Å². The number of likely N-dealkylation sites (tertiary alicyclic amines) is 1. The average Bonchev–Trinajstić information content (AvgIpc) is 2.97. The molecule has 1 fully saturated rings. The maximum Gasteiger partial charge on any atom is 0.308 e. The summed E-state index contributed by atoms with van der Waals surface area (Å²) in [5.41, 5.74) is -0.227. The second-order valence-electron chi connectivity index (χ2n) is 6.12. The van der Waals surface area contributed by atoms with Crippen LogP contribution >= 0.6 is 0 Å². The van der Waals surface area contributed by atoms with Crippen molar-refractivity contribution in [2.24, 2.45) is 11.8 Å². The fraction of sp³-hybridized carbons (Fsp3) is 0.467. The third-order valence-corrected chi connectivity index (χ3v) is 5.75. The molecule has 2 rings (SSSR count). The molecule has 0 radical (unpaired) electrons. The summed E-state index contributed by atoms with van der Waals surface area (Å²) in [6.45, 7) is 2.04. The number of hydrogen-bond acceptors (Lipinski definition) is 6. The molecular formula is C15H19N3O7S. The smallest absolute Gasteiger partial charge is 0.308 e. The molecule has 2 N–H and O–H groups in total. The van der Waals surface area contributed by atoms with Crippen molar-refractivity contribution in [2.75, 3.05) is 19.6 Å². The number of non-ortho nitro benzene ring substituents is 1. The van der Waals surface area contributed by atoms with Gasteiger partial charge in [-0.05, 0) is 18.1 Å². The fourth-order valence-corrected chi connectivity index (χ4v) is 3.80. The van der Waals surface area contributed by atoms with E-state index >= 15 is 0 Å². The number of carboxylic acids is 1. The highest BCUT2D eigenvalue weighted by atomic mass is 32.2. The number of nitrogens with one attached hydrogen (secondary N) is 1. The first kappa shape index (κ1) is 19.8. The first-order valence-corrected chi connectivity index (χ1v) is 9.35. The Morgan fingerprint density at radius 1 is 1.31 bits per heavy atom. The second-order valence-corrected chi connectivity index (χ2v) is 7.89. The van der Waals surface area contributed by atoms with Gasteiger partial charge in [0.15, 0.2) is 0 Å². The lowest BCUT2D eigenvalue weighted by Gasteiger charge is -2.16. The molecule has 0 bridgehead atoms. The van der Waals surface area contributed by atoms with Gasteiger partial charge in [0.2, 0.25) is 15.9 Å². The Kier molecular flexibility index (Phi) is 5.93. The third kappa shape index (κ3) is 4.55. The van der Waals surface area contributed by atoms with Gasteiger partial charge in [-0.15, -0.1) is 0 Å².